The summed E-state index contributed by atoms with van der Waals surface area (Å²) >= 11 is 0. The van der Waals surface area contributed by atoms with Gasteiger partial charge in [0.05, 0.1) is 0 Å². The van der Waals surface area contributed by atoms with Gasteiger partial charge in [0.15, 0.2) is 0 Å². The molecule has 1 atom stereocenters. The Morgan fingerprint density at radius 3 is 2.75 bits per heavy atom. The molecule has 0 aliphatic rings. The zero-order chi connectivity index (χ0) is 12.0. The Labute approximate surface area is 98.3 Å². The first-order chi connectivity index (χ1) is 7.60. The number of nitrogens with one attached hydrogen (secondary N) is 2. The van der Waals surface area contributed by atoms with Crippen LogP contribution in [0.4, 0.5) is 0 Å². The molecule has 3 heteroatoms. The van der Waals surface area contributed by atoms with E-state index < -0.39 is 0 Å². The molecule has 0 saturated carbocycles. The highest BCUT2D eigenvalue weighted by atomic mass is 16.3. The second-order valence-electron chi connectivity index (χ2n) is 5.07. The van der Waals surface area contributed by atoms with Crippen molar-refractivity contribution >= 4 is 0 Å². The van der Waals surface area contributed by atoms with Crippen molar-refractivity contribution in [3.8, 4) is 0 Å². The van der Waals surface area contributed by atoms with E-state index in [9.17, 15) is 0 Å². The fourth-order valence-corrected chi connectivity index (χ4v) is 1.77. The van der Waals surface area contributed by atoms with Crippen molar-refractivity contribution in [1.82, 2.24) is 10.3 Å². The molecule has 0 fully saturated rings. The lowest BCUT2D eigenvalue weighted by Gasteiger charge is -2.25. The van der Waals surface area contributed by atoms with Crippen LogP contribution in [0.15, 0.2) is 18.5 Å². The summed E-state index contributed by atoms with van der Waals surface area (Å²) in [6.07, 6.45) is 5.03. The Bertz CT molecular complexity index is 276. The van der Waals surface area contributed by atoms with E-state index in [4.69, 9.17) is 5.11 Å². The van der Waals surface area contributed by atoms with Crippen molar-refractivity contribution in [2.75, 3.05) is 19.7 Å². The van der Waals surface area contributed by atoms with Gasteiger partial charge in [-0.15, -0.1) is 0 Å². The molecule has 0 aliphatic heterocycles. The molecule has 0 amide bonds. The van der Waals surface area contributed by atoms with Gasteiger partial charge in [0.2, 0.25) is 0 Å². The molecular weight excluding hydrogens is 200 g/mol. The molecule has 3 nitrogen and oxygen atoms in total. The Morgan fingerprint density at radius 2 is 2.25 bits per heavy atom. The smallest absolute Gasteiger partial charge is 0.0471 e. The summed E-state index contributed by atoms with van der Waals surface area (Å²) in [5, 5.41) is 12.5. The topological polar surface area (TPSA) is 48.0 Å². The predicted octanol–water partition coefficient (Wildman–Crippen LogP) is 1.90. The molecule has 0 bridgehead atoms. The number of aliphatic hydroxyl groups excluding tert-OH is 1. The van der Waals surface area contributed by atoms with Crippen LogP contribution in [0.3, 0.4) is 0 Å². The van der Waals surface area contributed by atoms with Gasteiger partial charge in [0.25, 0.3) is 0 Å². The molecule has 0 spiro atoms. The quantitative estimate of drug-likeness (QED) is 0.662. The number of aromatic nitrogens is 1. The minimum atomic E-state index is 0.133. The molecule has 0 radical (unpaired) electrons. The minimum Gasteiger partial charge on any atom is -0.396 e. The van der Waals surface area contributed by atoms with Crippen molar-refractivity contribution in [1.29, 1.82) is 0 Å². The second-order valence-corrected chi connectivity index (χ2v) is 5.07. The minimum absolute atomic E-state index is 0.133. The zero-order valence-electron chi connectivity index (χ0n) is 10.6. The Hall–Kier alpha value is -0.800. The Kier molecular flexibility index (Phi) is 5.03. The average Bonchev–Trinajstić information content (AvgIpc) is 2.78. The van der Waals surface area contributed by atoms with Crippen LogP contribution in [0, 0.1) is 5.92 Å². The molecule has 1 aromatic heterocycles. The number of hydrogen-bond donors (Lipinski definition) is 3. The monoisotopic (exact) mass is 224 g/mol. The standard InChI is InChI=1S/C13H24N2O/c1-4-11(9-16)7-15-10-13(2,3)12-5-6-14-8-12/h5-6,8,11,14-16H,4,7,9-10H2,1-3H3. The molecule has 0 aliphatic carbocycles. The largest absolute Gasteiger partial charge is 0.396 e. The van der Waals surface area contributed by atoms with E-state index in [1.807, 2.05) is 12.4 Å². The van der Waals surface area contributed by atoms with Crippen molar-refractivity contribution < 1.29 is 5.11 Å². The van der Waals surface area contributed by atoms with Gasteiger partial charge in [-0.25, -0.2) is 0 Å². The summed E-state index contributed by atoms with van der Waals surface area (Å²) in [6.45, 7) is 8.66. The molecular formula is C13H24N2O. The van der Waals surface area contributed by atoms with E-state index in [-0.39, 0.29) is 12.0 Å². The summed E-state index contributed by atoms with van der Waals surface area (Å²) in [5.74, 6) is 0.377. The molecule has 3 N–H and O–H groups in total. The third-order valence-electron chi connectivity index (χ3n) is 3.21. The highest BCUT2D eigenvalue weighted by Gasteiger charge is 2.20. The predicted molar refractivity (Wildman–Crippen MR) is 67.6 cm³/mol. The first-order valence-electron chi connectivity index (χ1n) is 6.05. The van der Waals surface area contributed by atoms with Crippen LogP contribution in [0.2, 0.25) is 0 Å². The first kappa shape index (κ1) is 13.3. The normalized spacial score (nSPS) is 14.0. The highest BCUT2D eigenvalue weighted by molar-refractivity contribution is 5.20. The second kappa shape index (κ2) is 6.06. The number of rotatable bonds is 7. The fourth-order valence-electron chi connectivity index (χ4n) is 1.77. The summed E-state index contributed by atoms with van der Waals surface area (Å²) in [7, 11) is 0. The zero-order valence-corrected chi connectivity index (χ0v) is 10.6. The van der Waals surface area contributed by atoms with Crippen molar-refractivity contribution in [2.45, 2.75) is 32.6 Å². The Morgan fingerprint density at radius 1 is 1.50 bits per heavy atom. The van der Waals surface area contributed by atoms with Crippen molar-refractivity contribution in [3.63, 3.8) is 0 Å². The first-order valence-corrected chi connectivity index (χ1v) is 6.05. The van der Waals surface area contributed by atoms with Crippen LogP contribution in [-0.2, 0) is 5.41 Å². The van der Waals surface area contributed by atoms with E-state index >= 15 is 0 Å². The number of H-pyrrole nitrogens is 1. The van der Waals surface area contributed by atoms with E-state index in [1.165, 1.54) is 5.56 Å². The number of aromatic amines is 1. The van der Waals surface area contributed by atoms with Crippen molar-refractivity contribution in [3.05, 3.63) is 24.0 Å². The van der Waals surface area contributed by atoms with E-state index in [0.29, 0.717) is 5.92 Å². The van der Waals surface area contributed by atoms with Gasteiger partial charge < -0.3 is 15.4 Å². The summed E-state index contributed by atoms with van der Waals surface area (Å²) in [6, 6.07) is 2.12. The lowest BCUT2D eigenvalue weighted by molar-refractivity contribution is 0.216. The average molecular weight is 224 g/mol. The Balaban J connectivity index is 2.37. The van der Waals surface area contributed by atoms with Gasteiger partial charge >= 0.3 is 0 Å². The maximum Gasteiger partial charge on any atom is 0.0471 e. The summed E-state index contributed by atoms with van der Waals surface area (Å²) in [5.41, 5.74) is 1.45. The van der Waals surface area contributed by atoms with Gasteiger partial charge in [0.1, 0.15) is 0 Å². The van der Waals surface area contributed by atoms with Crippen LogP contribution in [0.25, 0.3) is 0 Å². The molecule has 1 rings (SSSR count). The lowest BCUT2D eigenvalue weighted by atomic mass is 9.86. The lowest BCUT2D eigenvalue weighted by Crippen LogP contribution is -2.36. The molecule has 1 unspecified atom stereocenters. The van der Waals surface area contributed by atoms with E-state index in [2.05, 4.69) is 37.1 Å². The fraction of sp³-hybridized carbons (Fsp3) is 0.692. The van der Waals surface area contributed by atoms with Crippen LogP contribution in [0.5, 0.6) is 0 Å². The van der Waals surface area contributed by atoms with Crippen LogP contribution in [-0.4, -0.2) is 29.8 Å². The third kappa shape index (κ3) is 3.65. The summed E-state index contributed by atoms with van der Waals surface area (Å²) in [4.78, 5) is 3.09. The molecule has 92 valence electrons. The molecule has 16 heavy (non-hydrogen) atoms. The number of aliphatic hydroxyl groups is 1. The maximum absolute atomic E-state index is 9.09. The van der Waals surface area contributed by atoms with Gasteiger partial charge in [0, 0.05) is 37.5 Å². The molecule has 1 heterocycles. The van der Waals surface area contributed by atoms with Gasteiger partial charge in [-0.2, -0.15) is 0 Å². The van der Waals surface area contributed by atoms with Crippen LogP contribution >= 0.6 is 0 Å². The SMILES string of the molecule is CCC(CO)CNCC(C)(C)c1cc[nH]c1. The molecule has 0 saturated heterocycles. The molecule has 0 aromatic carbocycles. The van der Waals surface area contributed by atoms with Gasteiger partial charge in [-0.3, -0.25) is 0 Å². The number of hydrogen-bond acceptors (Lipinski definition) is 2. The maximum atomic E-state index is 9.09. The van der Waals surface area contributed by atoms with Crippen LogP contribution in [0.1, 0.15) is 32.8 Å². The van der Waals surface area contributed by atoms with E-state index in [0.717, 1.165) is 19.5 Å². The van der Waals surface area contributed by atoms with Gasteiger partial charge in [-0.1, -0.05) is 20.8 Å². The van der Waals surface area contributed by atoms with E-state index in [1.54, 1.807) is 0 Å². The molecule has 1 aromatic rings. The summed E-state index contributed by atoms with van der Waals surface area (Å²) < 4.78 is 0. The van der Waals surface area contributed by atoms with Crippen LogP contribution < -0.4 is 5.32 Å². The van der Waals surface area contributed by atoms with Crippen molar-refractivity contribution in [2.24, 2.45) is 5.92 Å². The highest BCUT2D eigenvalue weighted by Crippen LogP contribution is 2.21. The van der Waals surface area contributed by atoms with Gasteiger partial charge in [-0.05, 0) is 24.0 Å². The third-order valence-corrected chi connectivity index (χ3v) is 3.21.